The summed E-state index contributed by atoms with van der Waals surface area (Å²) in [5.74, 6) is 0.866. The number of nitrogens with zero attached hydrogens (tertiary/aromatic N) is 3. The SMILES string of the molecule is Cc1ccc(CC2CCC/S2=N/[N+](=O)[O-])cn1. The van der Waals surface area contributed by atoms with Gasteiger partial charge in [-0.1, -0.05) is 6.07 Å². The van der Waals surface area contributed by atoms with Crippen molar-refractivity contribution in [3.05, 3.63) is 39.7 Å². The first-order valence-electron chi connectivity index (χ1n) is 5.62. The molecule has 1 aliphatic rings. The molecule has 1 aromatic rings. The molecule has 92 valence electrons. The van der Waals surface area contributed by atoms with Gasteiger partial charge in [-0.3, -0.25) is 4.98 Å². The monoisotopic (exact) mass is 253 g/mol. The van der Waals surface area contributed by atoms with Crippen molar-refractivity contribution < 1.29 is 5.03 Å². The summed E-state index contributed by atoms with van der Waals surface area (Å²) in [6.07, 6.45) is 4.80. The molecule has 0 aliphatic carbocycles. The largest absolute Gasteiger partial charge is 0.261 e. The van der Waals surface area contributed by atoms with Gasteiger partial charge in [0.05, 0.1) is 4.47 Å². The van der Waals surface area contributed by atoms with Gasteiger partial charge in [-0.15, -0.1) is 0 Å². The van der Waals surface area contributed by atoms with Crippen molar-refractivity contribution in [1.82, 2.24) is 4.98 Å². The maximum atomic E-state index is 10.4. The Labute approximate surface area is 102 Å². The molecule has 6 heteroatoms. The molecule has 0 bridgehead atoms. The van der Waals surface area contributed by atoms with Crippen LogP contribution in [-0.4, -0.2) is 21.0 Å². The van der Waals surface area contributed by atoms with Gasteiger partial charge >= 0.3 is 0 Å². The number of hydrogen-bond acceptors (Lipinski definition) is 3. The molecular formula is C11H15N3O2S. The van der Waals surface area contributed by atoms with Crippen LogP contribution in [0.1, 0.15) is 24.1 Å². The minimum atomic E-state index is -0.533. The van der Waals surface area contributed by atoms with Crippen LogP contribution in [0.15, 0.2) is 22.8 Å². The van der Waals surface area contributed by atoms with Crippen LogP contribution >= 0.6 is 0 Å². The fraction of sp³-hybridized carbons (Fsp3) is 0.545. The molecule has 1 aliphatic heterocycles. The number of aromatic nitrogens is 1. The summed E-state index contributed by atoms with van der Waals surface area (Å²) in [5.41, 5.74) is 2.15. The van der Waals surface area contributed by atoms with E-state index in [1.807, 2.05) is 25.3 Å². The van der Waals surface area contributed by atoms with E-state index < -0.39 is 15.7 Å². The molecule has 0 radical (unpaired) electrons. The number of nitro groups is 1. The van der Waals surface area contributed by atoms with E-state index in [1.54, 1.807) is 0 Å². The third-order valence-electron chi connectivity index (χ3n) is 2.87. The summed E-state index contributed by atoms with van der Waals surface area (Å²) in [4.78, 5) is 14.7. The zero-order valence-corrected chi connectivity index (χ0v) is 10.5. The standard InChI is InChI=1S/C11H15N3O2S/c1-9-4-5-10(8-12-9)7-11-3-2-6-17(11)13-14(15)16/h4-5,8,11H,2-3,6-7H2,1H3. The second-order valence-corrected chi connectivity index (χ2v) is 6.24. The number of aryl methyl sites for hydroxylation is 1. The molecule has 0 aromatic carbocycles. The lowest BCUT2D eigenvalue weighted by Gasteiger charge is -2.09. The van der Waals surface area contributed by atoms with Gasteiger partial charge in [0.25, 0.3) is 0 Å². The Kier molecular flexibility index (Phi) is 3.83. The average molecular weight is 253 g/mol. The highest BCUT2D eigenvalue weighted by atomic mass is 32.2. The second-order valence-electron chi connectivity index (χ2n) is 4.20. The van der Waals surface area contributed by atoms with E-state index in [-0.39, 0.29) is 0 Å². The summed E-state index contributed by atoms with van der Waals surface area (Å²) >= 11 is 0. The molecule has 1 aromatic heterocycles. The highest BCUT2D eigenvalue weighted by Crippen LogP contribution is 2.22. The van der Waals surface area contributed by atoms with Gasteiger partial charge in [-0.25, -0.2) is 10.1 Å². The fourth-order valence-corrected chi connectivity index (χ4v) is 4.04. The summed E-state index contributed by atoms with van der Waals surface area (Å²) in [5, 5.41) is 10.2. The van der Waals surface area contributed by atoms with Crippen molar-refractivity contribution in [3.63, 3.8) is 0 Å². The first kappa shape index (κ1) is 12.2. The van der Waals surface area contributed by atoms with Crippen molar-refractivity contribution >= 4 is 10.7 Å². The number of rotatable bonds is 3. The summed E-state index contributed by atoms with van der Waals surface area (Å²) in [6.45, 7) is 1.95. The van der Waals surface area contributed by atoms with E-state index in [0.717, 1.165) is 36.3 Å². The normalized spacial score (nSPS) is 24.1. The van der Waals surface area contributed by atoms with Crippen LogP contribution in [-0.2, 0) is 17.1 Å². The number of hydrogen-bond donors (Lipinski definition) is 0. The Bertz CT molecular complexity index is 445. The van der Waals surface area contributed by atoms with Gasteiger partial charge in [-0.05, 0) is 48.5 Å². The van der Waals surface area contributed by atoms with Crippen LogP contribution < -0.4 is 0 Å². The van der Waals surface area contributed by atoms with Crippen molar-refractivity contribution in [1.29, 1.82) is 0 Å². The Balaban J connectivity index is 2.07. The smallest absolute Gasteiger partial charge is 0.197 e. The third kappa shape index (κ3) is 3.33. The summed E-state index contributed by atoms with van der Waals surface area (Å²) < 4.78 is 3.60. The van der Waals surface area contributed by atoms with E-state index in [0.29, 0.717) is 5.25 Å². The van der Waals surface area contributed by atoms with Crippen molar-refractivity contribution in [2.45, 2.75) is 31.4 Å². The average Bonchev–Trinajstić information content (AvgIpc) is 2.68. The lowest BCUT2D eigenvalue weighted by molar-refractivity contribution is -0.481. The first-order chi connectivity index (χ1) is 8.15. The molecule has 0 spiro atoms. The van der Waals surface area contributed by atoms with Crippen molar-refractivity contribution in [2.24, 2.45) is 4.47 Å². The fourth-order valence-electron chi connectivity index (χ4n) is 2.04. The minimum absolute atomic E-state index is 0.324. The molecule has 5 nitrogen and oxygen atoms in total. The quantitative estimate of drug-likeness (QED) is 0.612. The summed E-state index contributed by atoms with van der Waals surface area (Å²) in [6, 6.07) is 4.03. The van der Waals surface area contributed by atoms with Crippen molar-refractivity contribution in [3.8, 4) is 0 Å². The van der Waals surface area contributed by atoms with Crippen LogP contribution in [0.3, 0.4) is 0 Å². The van der Waals surface area contributed by atoms with E-state index >= 15 is 0 Å². The first-order valence-corrected chi connectivity index (χ1v) is 7.04. The predicted molar refractivity (Wildman–Crippen MR) is 67.4 cm³/mol. The van der Waals surface area contributed by atoms with Gasteiger partial charge in [0, 0.05) is 22.9 Å². The van der Waals surface area contributed by atoms with Gasteiger partial charge in [0.2, 0.25) is 0 Å². The zero-order chi connectivity index (χ0) is 12.3. The maximum Gasteiger partial charge on any atom is 0.197 e. The highest BCUT2D eigenvalue weighted by molar-refractivity contribution is 7.88. The predicted octanol–water partition coefficient (Wildman–Crippen LogP) is 2.09. The van der Waals surface area contributed by atoms with E-state index in [1.165, 1.54) is 0 Å². The Morgan fingerprint density at radius 2 is 2.47 bits per heavy atom. The lowest BCUT2D eigenvalue weighted by Crippen LogP contribution is -2.14. The molecule has 17 heavy (non-hydrogen) atoms. The molecule has 0 saturated carbocycles. The molecule has 1 saturated heterocycles. The van der Waals surface area contributed by atoms with Crippen LogP contribution in [0, 0.1) is 17.0 Å². The van der Waals surface area contributed by atoms with Gasteiger partial charge in [0.1, 0.15) is 0 Å². The number of pyridine rings is 1. The van der Waals surface area contributed by atoms with E-state index in [2.05, 4.69) is 9.46 Å². The lowest BCUT2D eigenvalue weighted by atomic mass is 10.1. The minimum Gasteiger partial charge on any atom is -0.261 e. The molecular weight excluding hydrogens is 238 g/mol. The van der Waals surface area contributed by atoms with E-state index in [9.17, 15) is 10.1 Å². The van der Waals surface area contributed by atoms with E-state index in [4.69, 9.17) is 0 Å². The van der Waals surface area contributed by atoms with Crippen molar-refractivity contribution in [2.75, 3.05) is 5.75 Å². The highest BCUT2D eigenvalue weighted by Gasteiger charge is 2.24. The van der Waals surface area contributed by atoms with Crippen LogP contribution in [0.4, 0.5) is 0 Å². The second kappa shape index (κ2) is 5.35. The van der Waals surface area contributed by atoms with Gasteiger partial charge < -0.3 is 0 Å². The zero-order valence-electron chi connectivity index (χ0n) is 9.70. The van der Waals surface area contributed by atoms with Crippen LogP contribution in [0.25, 0.3) is 0 Å². The molecule has 0 amide bonds. The van der Waals surface area contributed by atoms with Crippen LogP contribution in [0.5, 0.6) is 0 Å². The molecule has 2 unspecified atom stereocenters. The Morgan fingerprint density at radius 1 is 1.65 bits per heavy atom. The molecule has 0 N–H and O–H groups in total. The van der Waals surface area contributed by atoms with Gasteiger partial charge in [0.15, 0.2) is 5.03 Å². The molecule has 2 rings (SSSR count). The third-order valence-corrected chi connectivity index (χ3v) is 5.09. The Hall–Kier alpha value is -1.30. The molecule has 1 fully saturated rings. The van der Waals surface area contributed by atoms with Gasteiger partial charge in [-0.2, -0.15) is 0 Å². The summed E-state index contributed by atoms with van der Waals surface area (Å²) in [7, 11) is -0.403. The topological polar surface area (TPSA) is 68.4 Å². The maximum absolute atomic E-state index is 10.4. The molecule has 2 atom stereocenters. The molecule has 2 heterocycles. The van der Waals surface area contributed by atoms with Crippen LogP contribution in [0.2, 0.25) is 0 Å². The Morgan fingerprint density at radius 3 is 3.12 bits per heavy atom.